The van der Waals surface area contributed by atoms with E-state index < -0.39 is 61.5 Å². The zero-order valence-corrected chi connectivity index (χ0v) is 19.2. The molecule has 0 radical (unpaired) electrons. The normalized spacial score (nSPS) is 14.0. The first-order chi connectivity index (χ1) is 16.1. The van der Waals surface area contributed by atoms with Crippen LogP contribution < -0.4 is 0 Å². The largest absolute Gasteiger partial charge is 0.459 e. The van der Waals surface area contributed by atoms with E-state index in [1.54, 1.807) is 13.8 Å². The van der Waals surface area contributed by atoms with E-state index in [1.807, 2.05) is 0 Å². The van der Waals surface area contributed by atoms with Gasteiger partial charge < -0.3 is 29.2 Å². The zero-order valence-electron chi connectivity index (χ0n) is 19.2. The number of carbonyl (C=O) groups excluding carboxylic acids is 4. The van der Waals surface area contributed by atoms with E-state index >= 15 is 0 Å². The molecular weight excluding hydrogens is 448 g/mol. The van der Waals surface area contributed by atoms with Gasteiger partial charge in [0, 0.05) is 25.0 Å². The van der Waals surface area contributed by atoms with E-state index in [9.17, 15) is 29.4 Å². The number of rotatable bonds is 14. The average molecular weight is 478 g/mol. The van der Waals surface area contributed by atoms with Crippen LogP contribution in [-0.4, -0.2) is 71.7 Å². The second-order valence-electron chi connectivity index (χ2n) is 7.42. The predicted molar refractivity (Wildman–Crippen MR) is 120 cm³/mol. The number of benzene rings is 1. The third kappa shape index (κ3) is 10.4. The Hall–Kier alpha value is -3.50. The maximum absolute atomic E-state index is 12.5. The van der Waals surface area contributed by atoms with Crippen LogP contribution in [0.15, 0.2) is 49.6 Å². The van der Waals surface area contributed by atoms with Gasteiger partial charge >= 0.3 is 23.9 Å². The number of esters is 4. The van der Waals surface area contributed by atoms with Gasteiger partial charge in [0.25, 0.3) is 0 Å². The minimum atomic E-state index is -1.11. The Balaban J connectivity index is 2.62. The highest BCUT2D eigenvalue weighted by atomic mass is 16.6. The summed E-state index contributed by atoms with van der Waals surface area (Å²) in [4.78, 5) is 47.2. The molecule has 10 nitrogen and oxygen atoms in total. The molecule has 4 atom stereocenters. The standard InChI is InChI=1S/C24H30O10/c1-5-21(27)33-15(3)11-17(25)13-31-23(29)19-9-7-8-10-20(19)24(30)32-14-18(26)12-16(4)34-22(28)6-2/h5-10,15-18,25-26H,1-2,11-14H2,3-4H3. The highest BCUT2D eigenvalue weighted by Crippen LogP contribution is 2.14. The second-order valence-corrected chi connectivity index (χ2v) is 7.42. The first-order valence-corrected chi connectivity index (χ1v) is 10.5. The second kappa shape index (κ2) is 14.6. The summed E-state index contributed by atoms with van der Waals surface area (Å²) >= 11 is 0. The van der Waals surface area contributed by atoms with Crippen molar-refractivity contribution in [3.8, 4) is 0 Å². The van der Waals surface area contributed by atoms with Crippen molar-refractivity contribution in [2.75, 3.05) is 13.2 Å². The van der Waals surface area contributed by atoms with Gasteiger partial charge in [0.05, 0.1) is 23.3 Å². The smallest absolute Gasteiger partial charge is 0.339 e. The lowest BCUT2D eigenvalue weighted by molar-refractivity contribution is -0.144. The van der Waals surface area contributed by atoms with Crippen molar-refractivity contribution in [3.63, 3.8) is 0 Å². The third-order valence-electron chi connectivity index (χ3n) is 4.36. The van der Waals surface area contributed by atoms with Crippen LogP contribution in [0.1, 0.15) is 47.4 Å². The summed E-state index contributed by atoms with van der Waals surface area (Å²) in [5.41, 5.74) is -0.179. The molecule has 0 heterocycles. The highest BCUT2D eigenvalue weighted by Gasteiger charge is 2.22. The molecule has 0 fully saturated rings. The molecule has 1 rings (SSSR count). The van der Waals surface area contributed by atoms with Gasteiger partial charge in [-0.25, -0.2) is 19.2 Å². The monoisotopic (exact) mass is 478 g/mol. The molecule has 2 N–H and O–H groups in total. The Labute approximate surface area is 197 Å². The molecule has 4 unspecified atom stereocenters. The van der Waals surface area contributed by atoms with Crippen molar-refractivity contribution in [1.29, 1.82) is 0 Å². The van der Waals surface area contributed by atoms with E-state index in [0.717, 1.165) is 12.2 Å². The van der Waals surface area contributed by atoms with E-state index in [2.05, 4.69) is 13.2 Å². The Morgan fingerprint density at radius 3 is 1.47 bits per heavy atom. The zero-order chi connectivity index (χ0) is 25.7. The fourth-order valence-corrected chi connectivity index (χ4v) is 2.83. The van der Waals surface area contributed by atoms with Crippen LogP contribution in [0.5, 0.6) is 0 Å². The molecule has 0 saturated carbocycles. The number of hydrogen-bond acceptors (Lipinski definition) is 10. The first kappa shape index (κ1) is 28.5. The highest BCUT2D eigenvalue weighted by molar-refractivity contribution is 6.03. The summed E-state index contributed by atoms with van der Waals surface area (Å²) in [7, 11) is 0. The van der Waals surface area contributed by atoms with E-state index in [1.165, 1.54) is 24.3 Å². The molecular formula is C24H30O10. The third-order valence-corrected chi connectivity index (χ3v) is 4.36. The fourth-order valence-electron chi connectivity index (χ4n) is 2.83. The SMILES string of the molecule is C=CC(=O)OC(C)CC(O)COC(=O)c1ccccc1C(=O)OCC(O)CC(C)OC(=O)C=C. The maximum atomic E-state index is 12.5. The molecule has 0 aliphatic rings. The molecule has 0 saturated heterocycles. The summed E-state index contributed by atoms with van der Waals surface area (Å²) in [6.07, 6.45) is -1.44. The Kier molecular flexibility index (Phi) is 12.3. The summed E-state index contributed by atoms with van der Waals surface area (Å²) < 4.78 is 20.0. The van der Waals surface area contributed by atoms with Crippen LogP contribution in [0, 0.1) is 0 Å². The summed E-state index contributed by atoms with van der Waals surface area (Å²) in [6, 6.07) is 5.75. The van der Waals surface area contributed by atoms with Crippen molar-refractivity contribution >= 4 is 23.9 Å². The van der Waals surface area contributed by atoms with E-state index in [4.69, 9.17) is 18.9 Å². The molecule has 0 aliphatic heterocycles. The Morgan fingerprint density at radius 2 is 1.15 bits per heavy atom. The molecule has 1 aromatic rings. The van der Waals surface area contributed by atoms with Crippen molar-refractivity contribution in [3.05, 3.63) is 60.7 Å². The Bertz CT molecular complexity index is 807. The van der Waals surface area contributed by atoms with Crippen LogP contribution in [0.2, 0.25) is 0 Å². The van der Waals surface area contributed by atoms with Gasteiger partial charge in [-0.2, -0.15) is 0 Å². The van der Waals surface area contributed by atoms with Crippen molar-refractivity contribution in [2.24, 2.45) is 0 Å². The molecule has 0 amide bonds. The number of aliphatic hydroxyl groups is 2. The molecule has 0 bridgehead atoms. The van der Waals surface area contributed by atoms with Gasteiger partial charge in [0.2, 0.25) is 0 Å². The van der Waals surface area contributed by atoms with Crippen molar-refractivity contribution < 1.29 is 48.3 Å². The van der Waals surface area contributed by atoms with Gasteiger partial charge in [-0.05, 0) is 26.0 Å². The predicted octanol–water partition coefficient (Wildman–Crippen LogP) is 1.74. The lowest BCUT2D eigenvalue weighted by Crippen LogP contribution is -2.27. The average Bonchev–Trinajstić information content (AvgIpc) is 2.80. The molecule has 1 aromatic carbocycles. The number of hydrogen-bond donors (Lipinski definition) is 2. The fraction of sp³-hybridized carbons (Fsp3) is 0.417. The number of carbonyl (C=O) groups is 4. The van der Waals surface area contributed by atoms with Gasteiger partial charge in [-0.15, -0.1) is 0 Å². The molecule has 34 heavy (non-hydrogen) atoms. The van der Waals surface area contributed by atoms with Crippen LogP contribution in [-0.2, 0) is 28.5 Å². The first-order valence-electron chi connectivity index (χ1n) is 10.5. The van der Waals surface area contributed by atoms with Crippen LogP contribution >= 0.6 is 0 Å². The summed E-state index contributed by atoms with van der Waals surface area (Å²) in [6.45, 7) is 8.91. The molecule has 0 aliphatic carbocycles. The summed E-state index contributed by atoms with van der Waals surface area (Å²) in [5, 5.41) is 20.0. The Morgan fingerprint density at radius 1 is 0.794 bits per heavy atom. The number of ether oxygens (including phenoxy) is 4. The molecule has 186 valence electrons. The van der Waals surface area contributed by atoms with Crippen molar-refractivity contribution in [1.82, 2.24) is 0 Å². The summed E-state index contributed by atoms with van der Waals surface area (Å²) in [5.74, 6) is -3.01. The van der Waals surface area contributed by atoms with Crippen LogP contribution in [0.25, 0.3) is 0 Å². The van der Waals surface area contributed by atoms with Gasteiger partial charge in [0.1, 0.15) is 25.4 Å². The van der Waals surface area contributed by atoms with E-state index in [0.29, 0.717) is 0 Å². The molecule has 0 spiro atoms. The lowest BCUT2D eigenvalue weighted by atomic mass is 10.1. The van der Waals surface area contributed by atoms with Crippen LogP contribution in [0.3, 0.4) is 0 Å². The lowest BCUT2D eigenvalue weighted by Gasteiger charge is -2.18. The van der Waals surface area contributed by atoms with E-state index in [-0.39, 0.29) is 24.0 Å². The molecule has 10 heteroatoms. The maximum Gasteiger partial charge on any atom is 0.339 e. The van der Waals surface area contributed by atoms with Gasteiger partial charge in [-0.3, -0.25) is 0 Å². The van der Waals surface area contributed by atoms with Gasteiger partial charge in [0.15, 0.2) is 0 Å². The quantitative estimate of drug-likeness (QED) is 0.230. The minimum Gasteiger partial charge on any atom is -0.459 e. The molecule has 0 aromatic heterocycles. The minimum absolute atomic E-state index is 0.0228. The number of aliphatic hydroxyl groups excluding tert-OH is 2. The van der Waals surface area contributed by atoms with Crippen molar-refractivity contribution in [2.45, 2.75) is 51.1 Å². The topological polar surface area (TPSA) is 146 Å². The van der Waals surface area contributed by atoms with Gasteiger partial charge in [-0.1, -0.05) is 25.3 Å². The van der Waals surface area contributed by atoms with Crippen LogP contribution in [0.4, 0.5) is 0 Å².